The van der Waals surface area contributed by atoms with Crippen LogP contribution in [0, 0.1) is 22.7 Å². The van der Waals surface area contributed by atoms with Crippen molar-refractivity contribution in [3.05, 3.63) is 34.5 Å². The van der Waals surface area contributed by atoms with Gasteiger partial charge in [0.15, 0.2) is 0 Å². The third-order valence-electron chi connectivity index (χ3n) is 1.96. The molecule has 0 aromatic carbocycles. The molecule has 0 N–H and O–H groups in total. The zero-order valence-electron chi connectivity index (χ0n) is 9.53. The monoisotopic (exact) mass is 259 g/mol. The van der Waals surface area contributed by atoms with Crippen molar-refractivity contribution in [1.29, 1.82) is 10.5 Å². The van der Waals surface area contributed by atoms with Crippen LogP contribution in [0.5, 0.6) is 0 Å². The molecule has 0 bridgehead atoms. The van der Waals surface area contributed by atoms with E-state index in [0.717, 1.165) is 17.7 Å². The van der Waals surface area contributed by atoms with Gasteiger partial charge in [0.25, 0.3) is 5.54 Å². The molecule has 0 saturated carbocycles. The summed E-state index contributed by atoms with van der Waals surface area (Å²) in [7, 11) is 1.21. The third kappa shape index (κ3) is 3.55. The van der Waals surface area contributed by atoms with Gasteiger partial charge in [-0.15, -0.1) is 0 Å². The van der Waals surface area contributed by atoms with E-state index in [2.05, 4.69) is 9.73 Å². The fourth-order valence-electron chi connectivity index (χ4n) is 0.982. The topological polar surface area (TPSA) is 86.2 Å². The molecule has 1 aromatic heterocycles. The van der Waals surface area contributed by atoms with Crippen LogP contribution in [-0.2, 0) is 9.53 Å². The lowest BCUT2D eigenvalue weighted by atomic mass is 10.0. The highest BCUT2D eigenvalue weighted by Gasteiger charge is 2.25. The lowest BCUT2D eigenvalue weighted by molar-refractivity contribution is -0.134. The summed E-state index contributed by atoms with van der Waals surface area (Å²) >= 11 is 1.48. The standard InChI is InChI=1S/C12H9N3O2S/c1-17-11(16)2-4-12(8-13,9-14)15-6-10-3-5-18-7-10/h2-7H,1H3/b4-2-,15-6?. The first-order valence-corrected chi connectivity index (χ1v) is 5.77. The first-order valence-electron chi connectivity index (χ1n) is 4.83. The van der Waals surface area contributed by atoms with Crippen molar-refractivity contribution in [1.82, 2.24) is 0 Å². The lowest BCUT2D eigenvalue weighted by Gasteiger charge is -2.06. The highest BCUT2D eigenvalue weighted by Crippen LogP contribution is 2.12. The van der Waals surface area contributed by atoms with Gasteiger partial charge in [-0.05, 0) is 22.9 Å². The highest BCUT2D eigenvalue weighted by molar-refractivity contribution is 7.08. The van der Waals surface area contributed by atoms with Crippen LogP contribution in [0.25, 0.3) is 0 Å². The van der Waals surface area contributed by atoms with Gasteiger partial charge in [-0.3, -0.25) is 4.99 Å². The van der Waals surface area contributed by atoms with Crippen molar-refractivity contribution in [3.63, 3.8) is 0 Å². The fourth-order valence-corrected chi connectivity index (χ4v) is 1.59. The second-order valence-corrected chi connectivity index (χ2v) is 3.94. The molecule has 1 heterocycles. The maximum atomic E-state index is 10.9. The number of carbonyl (C=O) groups excluding carboxylic acids is 1. The number of nitrogens with zero attached hydrogens (tertiary/aromatic N) is 3. The molecule has 0 aliphatic rings. The first kappa shape index (κ1) is 13.6. The highest BCUT2D eigenvalue weighted by atomic mass is 32.1. The molecular formula is C12H9N3O2S. The van der Waals surface area contributed by atoms with Gasteiger partial charge in [0.2, 0.25) is 0 Å². The molecule has 0 amide bonds. The van der Waals surface area contributed by atoms with Crippen molar-refractivity contribution in [3.8, 4) is 12.1 Å². The molecule has 0 spiro atoms. The van der Waals surface area contributed by atoms with Gasteiger partial charge in [-0.1, -0.05) is 0 Å². The molecule has 1 rings (SSSR count). The van der Waals surface area contributed by atoms with Crippen molar-refractivity contribution in [2.24, 2.45) is 4.99 Å². The smallest absolute Gasteiger partial charge is 0.330 e. The Bertz CT molecular complexity index is 533. The van der Waals surface area contributed by atoms with E-state index in [9.17, 15) is 4.79 Å². The molecule has 0 unspecified atom stereocenters. The zero-order valence-corrected chi connectivity index (χ0v) is 10.3. The Morgan fingerprint density at radius 1 is 1.56 bits per heavy atom. The van der Waals surface area contributed by atoms with Gasteiger partial charge in [-0.2, -0.15) is 21.9 Å². The Morgan fingerprint density at radius 3 is 2.78 bits per heavy atom. The van der Waals surface area contributed by atoms with Crippen LogP contribution in [-0.4, -0.2) is 24.8 Å². The Kier molecular flexibility index (Phi) is 4.79. The van der Waals surface area contributed by atoms with E-state index in [-0.39, 0.29) is 0 Å². The molecule has 90 valence electrons. The fraction of sp³-hybridized carbons (Fsp3) is 0.167. The normalized spacial score (nSPS) is 11.3. The Labute approximate surface area is 108 Å². The molecule has 6 heteroatoms. The predicted molar refractivity (Wildman–Crippen MR) is 67.0 cm³/mol. The molecule has 0 fully saturated rings. The molecule has 0 aliphatic heterocycles. The van der Waals surface area contributed by atoms with Crippen molar-refractivity contribution < 1.29 is 9.53 Å². The minimum Gasteiger partial charge on any atom is -0.466 e. The SMILES string of the molecule is COC(=O)/C=C\C(C#N)(C#N)N=Cc1ccsc1. The molecular weight excluding hydrogens is 250 g/mol. The summed E-state index contributed by atoms with van der Waals surface area (Å²) in [5, 5.41) is 21.7. The van der Waals surface area contributed by atoms with Crippen LogP contribution >= 0.6 is 11.3 Å². The summed E-state index contributed by atoms with van der Waals surface area (Å²) in [6.07, 6.45) is 3.55. The van der Waals surface area contributed by atoms with Gasteiger partial charge in [0.1, 0.15) is 12.1 Å². The van der Waals surface area contributed by atoms with E-state index in [0.29, 0.717) is 0 Å². The van der Waals surface area contributed by atoms with Gasteiger partial charge >= 0.3 is 5.97 Å². The summed E-state index contributed by atoms with van der Waals surface area (Å²) < 4.78 is 4.39. The van der Waals surface area contributed by atoms with Gasteiger partial charge in [0, 0.05) is 17.9 Å². The van der Waals surface area contributed by atoms with Crippen LogP contribution in [0.15, 0.2) is 34.0 Å². The summed E-state index contributed by atoms with van der Waals surface area (Å²) in [5.41, 5.74) is -0.919. The summed E-state index contributed by atoms with van der Waals surface area (Å²) in [4.78, 5) is 14.9. The molecule has 1 aromatic rings. The number of esters is 1. The Balaban J connectivity index is 2.96. The molecule has 5 nitrogen and oxygen atoms in total. The van der Waals surface area contributed by atoms with Crippen molar-refractivity contribution in [2.75, 3.05) is 7.11 Å². The number of nitriles is 2. The predicted octanol–water partition coefficient (Wildman–Crippen LogP) is 1.68. The van der Waals surface area contributed by atoms with E-state index in [1.807, 2.05) is 10.8 Å². The van der Waals surface area contributed by atoms with E-state index in [4.69, 9.17) is 10.5 Å². The largest absolute Gasteiger partial charge is 0.466 e. The van der Waals surface area contributed by atoms with Crippen molar-refractivity contribution >= 4 is 23.5 Å². The number of ether oxygens (including phenoxy) is 1. The van der Waals surface area contributed by atoms with Crippen LogP contribution in [0.4, 0.5) is 0 Å². The second kappa shape index (κ2) is 6.33. The number of hydrogen-bond donors (Lipinski definition) is 0. The number of hydrogen-bond acceptors (Lipinski definition) is 6. The minimum atomic E-state index is -1.71. The average molecular weight is 259 g/mol. The number of carbonyl (C=O) groups is 1. The number of methoxy groups -OCH3 is 1. The third-order valence-corrected chi connectivity index (χ3v) is 2.66. The molecule has 0 saturated heterocycles. The van der Waals surface area contributed by atoms with Crippen LogP contribution in [0.2, 0.25) is 0 Å². The zero-order chi connectivity index (χ0) is 13.4. The molecule has 0 aliphatic carbocycles. The number of rotatable bonds is 4. The second-order valence-electron chi connectivity index (χ2n) is 3.16. The quantitative estimate of drug-likeness (QED) is 0.467. The van der Waals surface area contributed by atoms with Crippen LogP contribution < -0.4 is 0 Å². The lowest BCUT2D eigenvalue weighted by Crippen LogP contribution is -2.19. The number of aliphatic imine (C=N–C) groups is 1. The summed E-state index contributed by atoms with van der Waals surface area (Å²) in [6.45, 7) is 0. The summed E-state index contributed by atoms with van der Waals surface area (Å²) in [5.74, 6) is -0.643. The molecule has 0 atom stereocenters. The van der Waals surface area contributed by atoms with E-state index >= 15 is 0 Å². The average Bonchev–Trinajstić information content (AvgIpc) is 2.92. The Hall–Kier alpha value is -2.44. The Morgan fingerprint density at radius 2 is 2.28 bits per heavy atom. The van der Waals surface area contributed by atoms with E-state index in [1.165, 1.54) is 24.7 Å². The van der Waals surface area contributed by atoms with Gasteiger partial charge < -0.3 is 4.74 Å². The van der Waals surface area contributed by atoms with E-state index in [1.54, 1.807) is 18.2 Å². The van der Waals surface area contributed by atoms with Crippen LogP contribution in [0.1, 0.15) is 5.56 Å². The van der Waals surface area contributed by atoms with Crippen molar-refractivity contribution in [2.45, 2.75) is 5.54 Å². The van der Waals surface area contributed by atoms with Gasteiger partial charge in [-0.25, -0.2) is 4.79 Å². The maximum absolute atomic E-state index is 10.9. The molecule has 0 radical (unpaired) electrons. The van der Waals surface area contributed by atoms with Gasteiger partial charge in [0.05, 0.1) is 7.11 Å². The van der Waals surface area contributed by atoms with E-state index < -0.39 is 11.5 Å². The maximum Gasteiger partial charge on any atom is 0.330 e. The minimum absolute atomic E-state index is 0.643. The van der Waals surface area contributed by atoms with Crippen LogP contribution in [0.3, 0.4) is 0 Å². The number of thiophene rings is 1. The molecule has 18 heavy (non-hydrogen) atoms. The summed E-state index contributed by atoms with van der Waals surface area (Å²) in [6, 6.07) is 5.32. The first-order chi connectivity index (χ1) is 8.65.